The van der Waals surface area contributed by atoms with Gasteiger partial charge in [0.05, 0.1) is 17.7 Å². The van der Waals surface area contributed by atoms with Gasteiger partial charge in [-0.05, 0) is 38.1 Å². The van der Waals surface area contributed by atoms with Gasteiger partial charge in [0.15, 0.2) is 17.6 Å². The van der Waals surface area contributed by atoms with Crippen molar-refractivity contribution in [3.8, 4) is 11.5 Å². The topological polar surface area (TPSA) is 100 Å². The van der Waals surface area contributed by atoms with Gasteiger partial charge >= 0.3 is 6.09 Å². The molecular formula is C21H23NO7S. The molecule has 0 aromatic heterocycles. The minimum Gasteiger partial charge on any atom is -0.486 e. The van der Waals surface area contributed by atoms with Crippen molar-refractivity contribution in [2.75, 3.05) is 25.6 Å². The second-order valence-electron chi connectivity index (χ2n) is 6.57. The monoisotopic (exact) mass is 433 g/mol. The lowest BCUT2D eigenvalue weighted by atomic mass is 10.1. The van der Waals surface area contributed by atoms with Gasteiger partial charge in [-0.15, -0.1) is 0 Å². The van der Waals surface area contributed by atoms with E-state index in [-0.39, 0.29) is 18.1 Å². The maximum Gasteiger partial charge on any atom is 0.411 e. The molecule has 8 nitrogen and oxygen atoms in total. The van der Waals surface area contributed by atoms with E-state index in [1.165, 1.54) is 19.2 Å². The first kappa shape index (κ1) is 21.7. The SMILES string of the molecule is CC=Cc1c(NC(=O)OC)ccc2c1O[C@@H](COS(=O)(=O)c1ccc(C)cc1)CO2. The van der Waals surface area contributed by atoms with Crippen LogP contribution in [0.3, 0.4) is 0 Å². The number of hydrogen-bond acceptors (Lipinski definition) is 7. The summed E-state index contributed by atoms with van der Waals surface area (Å²) in [6.07, 6.45) is 2.25. The van der Waals surface area contributed by atoms with Gasteiger partial charge in [-0.25, -0.2) is 4.79 Å². The summed E-state index contributed by atoms with van der Waals surface area (Å²) in [5, 5.41) is 2.62. The van der Waals surface area contributed by atoms with E-state index >= 15 is 0 Å². The summed E-state index contributed by atoms with van der Waals surface area (Å²) in [5.74, 6) is 0.866. The molecule has 0 unspecified atom stereocenters. The second-order valence-corrected chi connectivity index (χ2v) is 8.19. The Bertz CT molecular complexity index is 1050. The third-order valence-electron chi connectivity index (χ3n) is 4.34. The second kappa shape index (κ2) is 9.19. The largest absolute Gasteiger partial charge is 0.486 e. The molecule has 2 aromatic rings. The van der Waals surface area contributed by atoms with E-state index in [1.807, 2.05) is 13.8 Å². The molecule has 0 spiro atoms. The van der Waals surface area contributed by atoms with Crippen LogP contribution in [-0.2, 0) is 19.0 Å². The van der Waals surface area contributed by atoms with Crippen LogP contribution in [0.2, 0.25) is 0 Å². The minimum atomic E-state index is -3.92. The van der Waals surface area contributed by atoms with E-state index < -0.39 is 22.3 Å². The van der Waals surface area contributed by atoms with Crippen LogP contribution in [-0.4, -0.2) is 40.9 Å². The number of carbonyl (C=O) groups is 1. The molecule has 1 N–H and O–H groups in total. The van der Waals surface area contributed by atoms with Crippen molar-refractivity contribution in [3.63, 3.8) is 0 Å². The number of anilines is 1. The summed E-state index contributed by atoms with van der Waals surface area (Å²) in [5.41, 5.74) is 1.99. The van der Waals surface area contributed by atoms with Gasteiger partial charge in [0, 0.05) is 5.56 Å². The molecule has 0 radical (unpaired) electrons. The summed E-state index contributed by atoms with van der Waals surface area (Å²) >= 11 is 0. The molecule has 1 atom stereocenters. The van der Waals surface area contributed by atoms with Crippen LogP contribution < -0.4 is 14.8 Å². The number of rotatable bonds is 6. The molecule has 0 bridgehead atoms. The number of methoxy groups -OCH3 is 1. The molecule has 2 aromatic carbocycles. The molecule has 160 valence electrons. The van der Waals surface area contributed by atoms with E-state index in [9.17, 15) is 13.2 Å². The predicted octanol–water partition coefficient (Wildman–Crippen LogP) is 3.75. The normalized spacial score (nSPS) is 15.8. The Kier molecular flexibility index (Phi) is 6.63. The first-order valence-electron chi connectivity index (χ1n) is 9.24. The van der Waals surface area contributed by atoms with Crippen molar-refractivity contribution in [1.82, 2.24) is 0 Å². The molecule has 3 rings (SSSR count). The number of ether oxygens (including phenoxy) is 3. The molecule has 30 heavy (non-hydrogen) atoms. The summed E-state index contributed by atoms with van der Waals surface area (Å²) in [6, 6.07) is 9.72. The molecule has 0 saturated heterocycles. The quantitative estimate of drug-likeness (QED) is 0.693. The first-order valence-corrected chi connectivity index (χ1v) is 10.6. The van der Waals surface area contributed by atoms with Crippen LogP contribution in [0, 0.1) is 6.92 Å². The standard InChI is InChI=1S/C21H23NO7S/c1-4-5-17-18(22-21(23)26-3)10-11-19-20(17)29-15(12-27-19)13-28-30(24,25)16-8-6-14(2)7-9-16/h4-11,15H,12-13H2,1-3H3,(H,22,23)/t15-/m1/s1. The highest BCUT2D eigenvalue weighted by molar-refractivity contribution is 7.86. The highest BCUT2D eigenvalue weighted by atomic mass is 32.2. The number of carbonyl (C=O) groups excluding carboxylic acids is 1. The summed E-state index contributed by atoms with van der Waals surface area (Å²) in [6.45, 7) is 3.59. The fourth-order valence-corrected chi connectivity index (χ4v) is 3.76. The van der Waals surface area contributed by atoms with Crippen molar-refractivity contribution < 1.29 is 31.6 Å². The Hall–Kier alpha value is -3.04. The summed E-state index contributed by atoms with van der Waals surface area (Å²) < 4.78 is 46.3. The van der Waals surface area contributed by atoms with Crippen molar-refractivity contribution in [2.45, 2.75) is 24.8 Å². The maximum absolute atomic E-state index is 12.4. The lowest BCUT2D eigenvalue weighted by Crippen LogP contribution is -2.34. The predicted molar refractivity (Wildman–Crippen MR) is 111 cm³/mol. The van der Waals surface area contributed by atoms with Crippen molar-refractivity contribution >= 4 is 28.0 Å². The van der Waals surface area contributed by atoms with Crippen molar-refractivity contribution in [1.29, 1.82) is 0 Å². The lowest BCUT2D eigenvalue weighted by Gasteiger charge is -2.28. The van der Waals surface area contributed by atoms with Gasteiger partial charge in [0.2, 0.25) is 0 Å². The Labute approximate surface area is 175 Å². The smallest absolute Gasteiger partial charge is 0.411 e. The zero-order valence-corrected chi connectivity index (χ0v) is 17.7. The average Bonchev–Trinajstić information content (AvgIpc) is 2.74. The summed E-state index contributed by atoms with van der Waals surface area (Å²) in [4.78, 5) is 11.7. The Balaban J connectivity index is 1.77. The molecule has 1 aliphatic rings. The van der Waals surface area contributed by atoms with Gasteiger partial charge in [0.25, 0.3) is 10.1 Å². The lowest BCUT2D eigenvalue weighted by molar-refractivity contribution is 0.0553. The average molecular weight is 433 g/mol. The fraction of sp³-hybridized carbons (Fsp3) is 0.286. The maximum atomic E-state index is 12.4. The zero-order chi connectivity index (χ0) is 21.7. The van der Waals surface area contributed by atoms with E-state index in [0.717, 1.165) is 5.56 Å². The highest BCUT2D eigenvalue weighted by Gasteiger charge is 2.27. The highest BCUT2D eigenvalue weighted by Crippen LogP contribution is 2.40. The number of nitrogens with one attached hydrogen (secondary N) is 1. The third kappa shape index (κ3) is 4.92. The van der Waals surface area contributed by atoms with Gasteiger partial charge in [-0.1, -0.05) is 29.8 Å². The Morgan fingerprint density at radius 2 is 1.97 bits per heavy atom. The van der Waals surface area contributed by atoms with E-state index in [1.54, 1.807) is 36.4 Å². The van der Waals surface area contributed by atoms with Gasteiger partial charge in [-0.2, -0.15) is 8.42 Å². The Morgan fingerprint density at radius 1 is 1.23 bits per heavy atom. The molecular weight excluding hydrogens is 410 g/mol. The van der Waals surface area contributed by atoms with E-state index in [4.69, 9.17) is 13.7 Å². The fourth-order valence-electron chi connectivity index (χ4n) is 2.82. The first-order chi connectivity index (χ1) is 14.3. The third-order valence-corrected chi connectivity index (χ3v) is 5.64. The number of aryl methyl sites for hydroxylation is 1. The zero-order valence-electron chi connectivity index (χ0n) is 16.9. The molecule has 1 heterocycles. The van der Waals surface area contributed by atoms with E-state index in [0.29, 0.717) is 22.7 Å². The van der Waals surface area contributed by atoms with Crippen LogP contribution in [0.25, 0.3) is 6.08 Å². The van der Waals surface area contributed by atoms with Crippen LogP contribution in [0.5, 0.6) is 11.5 Å². The van der Waals surface area contributed by atoms with Crippen LogP contribution in [0.15, 0.2) is 47.4 Å². The molecule has 0 saturated carbocycles. The number of allylic oxidation sites excluding steroid dienone is 1. The molecule has 0 fully saturated rings. The van der Waals surface area contributed by atoms with Crippen molar-refractivity contribution in [2.24, 2.45) is 0 Å². The van der Waals surface area contributed by atoms with Crippen LogP contribution >= 0.6 is 0 Å². The molecule has 9 heteroatoms. The van der Waals surface area contributed by atoms with Gasteiger partial charge in [-0.3, -0.25) is 9.50 Å². The van der Waals surface area contributed by atoms with E-state index in [2.05, 4.69) is 10.1 Å². The van der Waals surface area contributed by atoms with Crippen molar-refractivity contribution in [3.05, 3.63) is 53.6 Å². The molecule has 1 aliphatic heterocycles. The van der Waals surface area contributed by atoms with Crippen LogP contribution in [0.4, 0.5) is 10.5 Å². The number of hydrogen-bond donors (Lipinski definition) is 1. The minimum absolute atomic E-state index is 0.0735. The molecule has 1 amide bonds. The van der Waals surface area contributed by atoms with Gasteiger partial charge < -0.3 is 14.2 Å². The molecule has 0 aliphatic carbocycles. The number of benzene rings is 2. The van der Waals surface area contributed by atoms with Gasteiger partial charge in [0.1, 0.15) is 13.2 Å². The number of fused-ring (bicyclic) bond motifs is 1. The number of amides is 1. The van der Waals surface area contributed by atoms with Crippen LogP contribution in [0.1, 0.15) is 18.1 Å². The Morgan fingerprint density at radius 3 is 2.63 bits per heavy atom. The summed E-state index contributed by atoms with van der Waals surface area (Å²) in [7, 11) is -2.66.